The first-order valence-electron chi connectivity index (χ1n) is 6.96. The molecule has 0 bridgehead atoms. The lowest BCUT2D eigenvalue weighted by atomic mass is 10.2. The number of aryl methyl sites for hydroxylation is 1. The van der Waals surface area contributed by atoms with Crippen LogP contribution < -0.4 is 4.74 Å². The fraction of sp³-hybridized carbons (Fsp3) is 0.312. The van der Waals surface area contributed by atoms with Crippen molar-refractivity contribution in [2.75, 3.05) is 0 Å². The number of aromatic nitrogens is 2. The molecule has 0 aliphatic heterocycles. The van der Waals surface area contributed by atoms with E-state index >= 15 is 0 Å². The number of rotatable bonds is 2. The number of benzene rings is 1. The van der Waals surface area contributed by atoms with Gasteiger partial charge in [-0.05, 0) is 12.1 Å². The predicted molar refractivity (Wildman–Crippen MR) is 85.6 cm³/mol. The van der Waals surface area contributed by atoms with Crippen molar-refractivity contribution in [3.63, 3.8) is 0 Å². The monoisotopic (exact) mass is 338 g/mol. The third-order valence-corrected chi connectivity index (χ3v) is 3.64. The Bertz CT molecular complexity index is 764. The highest BCUT2D eigenvalue weighted by Crippen LogP contribution is 2.27. The first-order valence-corrected chi connectivity index (χ1v) is 10.5. The Kier molecular flexibility index (Phi) is 4.57. The quantitative estimate of drug-likeness (QED) is 0.606. The molecule has 3 nitrogen and oxygen atoms in total. The molecular formula is C16H17F3N2OSi. The number of halogens is 3. The van der Waals surface area contributed by atoms with Crippen molar-refractivity contribution >= 4 is 8.07 Å². The van der Waals surface area contributed by atoms with Crippen LogP contribution in [0.1, 0.15) is 5.69 Å². The Labute approximate surface area is 134 Å². The highest BCUT2D eigenvalue weighted by atomic mass is 28.3. The maximum absolute atomic E-state index is 12.3. The molecule has 0 fully saturated rings. The van der Waals surface area contributed by atoms with Gasteiger partial charge in [0.1, 0.15) is 25.3 Å². The van der Waals surface area contributed by atoms with Crippen LogP contribution in [0.15, 0.2) is 30.5 Å². The van der Waals surface area contributed by atoms with Gasteiger partial charge >= 0.3 is 6.36 Å². The molecule has 2 aromatic rings. The fourth-order valence-electron chi connectivity index (χ4n) is 1.88. The number of hydrogen-bond donors (Lipinski definition) is 0. The van der Waals surface area contributed by atoms with Gasteiger partial charge in [0.2, 0.25) is 0 Å². The lowest BCUT2D eigenvalue weighted by molar-refractivity contribution is -0.274. The minimum atomic E-state index is -4.71. The van der Waals surface area contributed by atoms with Crippen molar-refractivity contribution in [3.05, 3.63) is 36.2 Å². The van der Waals surface area contributed by atoms with E-state index in [-0.39, 0.29) is 5.75 Å². The molecule has 1 aromatic carbocycles. The highest BCUT2D eigenvalue weighted by molar-refractivity contribution is 6.83. The summed E-state index contributed by atoms with van der Waals surface area (Å²) < 4.78 is 42.6. The summed E-state index contributed by atoms with van der Waals surface area (Å²) in [5.41, 5.74) is 4.35. The summed E-state index contributed by atoms with van der Waals surface area (Å²) in [4.78, 5) is 4.40. The minimum absolute atomic E-state index is 0.271. The van der Waals surface area contributed by atoms with Crippen molar-refractivity contribution in [3.8, 4) is 28.6 Å². The van der Waals surface area contributed by atoms with Crippen LogP contribution in [0, 0.1) is 11.5 Å². The van der Waals surface area contributed by atoms with Gasteiger partial charge in [-0.3, -0.25) is 0 Å². The van der Waals surface area contributed by atoms with Crippen molar-refractivity contribution < 1.29 is 17.9 Å². The Morgan fingerprint density at radius 3 is 2.52 bits per heavy atom. The molecule has 0 radical (unpaired) electrons. The highest BCUT2D eigenvalue weighted by Gasteiger charge is 2.31. The van der Waals surface area contributed by atoms with Crippen molar-refractivity contribution in [1.29, 1.82) is 0 Å². The van der Waals surface area contributed by atoms with Gasteiger partial charge in [0.05, 0.1) is 0 Å². The lowest BCUT2D eigenvalue weighted by Gasteiger charge is -2.09. The van der Waals surface area contributed by atoms with E-state index < -0.39 is 14.4 Å². The Hall–Kier alpha value is -2.20. The molecule has 0 aliphatic carbocycles. The van der Waals surface area contributed by atoms with E-state index in [1.807, 2.05) is 0 Å². The number of hydrogen-bond acceptors (Lipinski definition) is 2. The Morgan fingerprint density at radius 1 is 1.22 bits per heavy atom. The summed E-state index contributed by atoms with van der Waals surface area (Å²) in [6, 6.07) is 5.75. The molecule has 23 heavy (non-hydrogen) atoms. The average Bonchev–Trinajstić information content (AvgIpc) is 2.75. The normalized spacial score (nSPS) is 11.8. The van der Waals surface area contributed by atoms with Crippen LogP contribution in [0.4, 0.5) is 13.2 Å². The van der Waals surface area contributed by atoms with Crippen molar-refractivity contribution in [1.82, 2.24) is 9.55 Å². The van der Waals surface area contributed by atoms with Crippen LogP contribution in [0.5, 0.6) is 5.75 Å². The molecule has 0 spiro atoms. The second-order valence-electron chi connectivity index (χ2n) is 6.14. The smallest absolute Gasteiger partial charge is 0.406 e. The molecule has 1 heterocycles. The van der Waals surface area contributed by atoms with Gasteiger partial charge in [0.15, 0.2) is 0 Å². The van der Waals surface area contributed by atoms with E-state index in [1.54, 1.807) is 23.9 Å². The van der Waals surface area contributed by atoms with E-state index in [0.717, 1.165) is 0 Å². The average molecular weight is 338 g/mol. The Balaban J connectivity index is 2.34. The zero-order chi connectivity index (χ0) is 17.3. The standard InChI is InChI=1S/C16H17F3N2OSi/c1-21-11-13(8-9-23(2,3)4)20-15(21)12-6-5-7-14(10-12)22-16(17,18)19/h5-7,10-11H,1-4H3. The maximum Gasteiger partial charge on any atom is 0.573 e. The SMILES string of the molecule is Cn1cc(C#C[Si](C)(C)C)nc1-c1cccc(OC(F)(F)F)c1. The van der Waals surface area contributed by atoms with Gasteiger partial charge in [-0.2, -0.15) is 0 Å². The van der Waals surface area contributed by atoms with Crippen LogP contribution >= 0.6 is 0 Å². The number of imidazole rings is 1. The molecule has 1 aromatic heterocycles. The molecule has 0 saturated carbocycles. The van der Waals surface area contributed by atoms with Crippen molar-refractivity contribution in [2.45, 2.75) is 26.0 Å². The molecular weight excluding hydrogens is 321 g/mol. The van der Waals surface area contributed by atoms with Gasteiger partial charge in [0.25, 0.3) is 0 Å². The first-order chi connectivity index (χ1) is 10.5. The van der Waals surface area contributed by atoms with Gasteiger partial charge in [0, 0.05) is 18.8 Å². The number of nitrogens with zero attached hydrogens (tertiary/aromatic N) is 2. The summed E-state index contributed by atoms with van der Waals surface area (Å²) in [5, 5.41) is 0. The summed E-state index contributed by atoms with van der Waals surface area (Å²) in [5.74, 6) is 3.31. The summed E-state index contributed by atoms with van der Waals surface area (Å²) in [6.07, 6.45) is -2.95. The molecule has 0 saturated heterocycles. The molecule has 0 aliphatic rings. The molecule has 0 atom stereocenters. The zero-order valence-electron chi connectivity index (χ0n) is 13.3. The first kappa shape index (κ1) is 17.2. The molecule has 122 valence electrons. The van der Waals surface area contributed by atoms with Crippen molar-refractivity contribution in [2.24, 2.45) is 7.05 Å². The zero-order valence-corrected chi connectivity index (χ0v) is 14.3. The summed E-state index contributed by atoms with van der Waals surface area (Å²) in [6.45, 7) is 6.38. The molecule has 0 N–H and O–H groups in total. The second-order valence-corrected chi connectivity index (χ2v) is 10.9. The van der Waals surface area contributed by atoms with Crippen LogP contribution in [0.2, 0.25) is 19.6 Å². The Morgan fingerprint density at radius 2 is 1.91 bits per heavy atom. The van der Waals surface area contributed by atoms with Gasteiger partial charge < -0.3 is 9.30 Å². The van der Waals surface area contributed by atoms with E-state index in [0.29, 0.717) is 17.1 Å². The third-order valence-electron chi connectivity index (χ3n) is 2.77. The summed E-state index contributed by atoms with van der Waals surface area (Å²) >= 11 is 0. The second kappa shape index (κ2) is 6.12. The van der Waals surface area contributed by atoms with E-state index in [4.69, 9.17) is 0 Å². The third kappa shape index (κ3) is 5.18. The van der Waals surface area contributed by atoms with Crippen LogP contribution in [0.25, 0.3) is 11.4 Å². The van der Waals surface area contributed by atoms with E-state index in [9.17, 15) is 13.2 Å². The van der Waals surface area contributed by atoms with E-state index in [1.165, 1.54) is 18.2 Å². The topological polar surface area (TPSA) is 27.1 Å². The van der Waals surface area contributed by atoms with Gasteiger partial charge in [-0.1, -0.05) is 37.7 Å². The lowest BCUT2D eigenvalue weighted by Crippen LogP contribution is -2.17. The molecule has 2 rings (SSSR count). The predicted octanol–water partition coefficient (Wildman–Crippen LogP) is 4.21. The minimum Gasteiger partial charge on any atom is -0.406 e. The molecule has 7 heteroatoms. The van der Waals surface area contributed by atoms with Crippen LogP contribution in [-0.2, 0) is 7.05 Å². The van der Waals surface area contributed by atoms with E-state index in [2.05, 4.69) is 40.8 Å². The van der Waals surface area contributed by atoms with Gasteiger partial charge in [-0.15, -0.1) is 18.7 Å². The fourth-order valence-corrected chi connectivity index (χ4v) is 2.38. The molecule has 0 unspecified atom stereocenters. The number of ether oxygens (including phenoxy) is 1. The largest absolute Gasteiger partial charge is 0.573 e. The summed E-state index contributed by atoms with van der Waals surface area (Å²) in [7, 11) is 0.259. The number of alkyl halides is 3. The molecule has 0 amide bonds. The van der Waals surface area contributed by atoms with Crippen LogP contribution in [-0.4, -0.2) is 24.0 Å². The van der Waals surface area contributed by atoms with Crippen LogP contribution in [0.3, 0.4) is 0 Å². The van der Waals surface area contributed by atoms with Gasteiger partial charge in [-0.25, -0.2) is 4.98 Å². The maximum atomic E-state index is 12.3.